The van der Waals surface area contributed by atoms with E-state index in [1.165, 1.54) is 12.8 Å². The molecule has 0 bridgehead atoms. The summed E-state index contributed by atoms with van der Waals surface area (Å²) in [6, 6.07) is 7.86. The van der Waals surface area contributed by atoms with Gasteiger partial charge in [0.1, 0.15) is 5.75 Å². The number of aryl methyl sites for hydroxylation is 1. The monoisotopic (exact) mass is 344 g/mol. The van der Waals surface area contributed by atoms with Gasteiger partial charge in [0, 0.05) is 38.5 Å². The van der Waals surface area contributed by atoms with E-state index in [9.17, 15) is 9.59 Å². The number of carbonyl (C=O) groups is 2. The molecular weight excluding hydrogens is 316 g/mol. The van der Waals surface area contributed by atoms with Crippen LogP contribution in [0.1, 0.15) is 37.7 Å². The maximum Gasteiger partial charge on any atom is 0.225 e. The normalized spacial score (nSPS) is 18.4. The predicted octanol–water partition coefficient (Wildman–Crippen LogP) is 2.49. The van der Waals surface area contributed by atoms with Crippen molar-refractivity contribution < 1.29 is 14.3 Å². The number of ether oxygens (including phenoxy) is 1. The molecule has 1 saturated heterocycles. The van der Waals surface area contributed by atoms with Gasteiger partial charge in [0.25, 0.3) is 0 Å². The van der Waals surface area contributed by atoms with E-state index in [1.807, 2.05) is 34.1 Å². The van der Waals surface area contributed by atoms with Crippen LogP contribution in [0.3, 0.4) is 0 Å². The lowest BCUT2D eigenvalue weighted by atomic mass is 10.1. The van der Waals surface area contributed by atoms with Crippen molar-refractivity contribution in [3.8, 4) is 5.75 Å². The van der Waals surface area contributed by atoms with Gasteiger partial charge >= 0.3 is 0 Å². The molecule has 0 unspecified atom stereocenters. The molecule has 5 heteroatoms. The quantitative estimate of drug-likeness (QED) is 0.825. The molecule has 0 N–H and O–H groups in total. The van der Waals surface area contributed by atoms with Crippen molar-refractivity contribution in [1.82, 2.24) is 9.80 Å². The van der Waals surface area contributed by atoms with Crippen LogP contribution < -0.4 is 4.74 Å². The molecule has 1 aliphatic carbocycles. The lowest BCUT2D eigenvalue weighted by Crippen LogP contribution is -2.51. The fourth-order valence-corrected chi connectivity index (χ4v) is 3.81. The standard InChI is InChI=1S/C20H28N2O3/c1-25-18-9-6-16(7-10-18)8-11-19(23)21-12-14-22(15-13-21)20(24)17-4-2-3-5-17/h6-7,9-10,17H,2-5,8,11-15H2,1H3. The Morgan fingerprint density at radius 3 is 2.20 bits per heavy atom. The largest absolute Gasteiger partial charge is 0.497 e. The number of hydrogen-bond donors (Lipinski definition) is 0. The van der Waals surface area contributed by atoms with Crippen LogP contribution in [0.5, 0.6) is 5.75 Å². The maximum absolute atomic E-state index is 12.5. The smallest absolute Gasteiger partial charge is 0.225 e. The van der Waals surface area contributed by atoms with Crippen LogP contribution in [0.15, 0.2) is 24.3 Å². The summed E-state index contributed by atoms with van der Waals surface area (Å²) in [5.41, 5.74) is 1.14. The molecule has 0 radical (unpaired) electrons. The zero-order valence-corrected chi connectivity index (χ0v) is 15.1. The van der Waals surface area contributed by atoms with Gasteiger partial charge in [-0.25, -0.2) is 0 Å². The first kappa shape index (κ1) is 17.8. The van der Waals surface area contributed by atoms with Gasteiger partial charge in [-0.05, 0) is 37.0 Å². The lowest BCUT2D eigenvalue weighted by Gasteiger charge is -2.36. The summed E-state index contributed by atoms with van der Waals surface area (Å²) in [6.07, 6.45) is 5.70. The van der Waals surface area contributed by atoms with E-state index in [-0.39, 0.29) is 11.8 Å². The van der Waals surface area contributed by atoms with E-state index < -0.39 is 0 Å². The number of hydrogen-bond acceptors (Lipinski definition) is 3. The molecule has 0 atom stereocenters. The summed E-state index contributed by atoms with van der Waals surface area (Å²) >= 11 is 0. The number of benzene rings is 1. The fourth-order valence-electron chi connectivity index (χ4n) is 3.81. The number of amides is 2. The van der Waals surface area contributed by atoms with E-state index in [4.69, 9.17) is 4.74 Å². The minimum atomic E-state index is 0.184. The molecule has 136 valence electrons. The molecule has 25 heavy (non-hydrogen) atoms. The van der Waals surface area contributed by atoms with E-state index in [0.29, 0.717) is 38.5 Å². The van der Waals surface area contributed by atoms with E-state index in [2.05, 4.69) is 0 Å². The first-order valence-electron chi connectivity index (χ1n) is 9.37. The molecule has 2 fully saturated rings. The fraction of sp³-hybridized carbons (Fsp3) is 0.600. The zero-order valence-electron chi connectivity index (χ0n) is 15.1. The second kappa shape index (κ2) is 8.37. The Morgan fingerprint density at radius 2 is 1.60 bits per heavy atom. The number of nitrogens with zero attached hydrogens (tertiary/aromatic N) is 2. The van der Waals surface area contributed by atoms with Crippen molar-refractivity contribution in [2.24, 2.45) is 5.92 Å². The van der Waals surface area contributed by atoms with Crippen LogP contribution in [0.25, 0.3) is 0 Å². The number of carbonyl (C=O) groups excluding carboxylic acids is 2. The minimum Gasteiger partial charge on any atom is -0.497 e. The summed E-state index contributed by atoms with van der Waals surface area (Å²) < 4.78 is 5.15. The van der Waals surface area contributed by atoms with Gasteiger partial charge in [0.15, 0.2) is 0 Å². The van der Waals surface area contributed by atoms with Crippen molar-refractivity contribution in [3.05, 3.63) is 29.8 Å². The van der Waals surface area contributed by atoms with E-state index in [0.717, 1.165) is 30.6 Å². The summed E-state index contributed by atoms with van der Waals surface area (Å²) in [7, 11) is 1.65. The Labute approximate surface area is 149 Å². The topological polar surface area (TPSA) is 49.9 Å². The Kier molecular flexibility index (Phi) is 5.95. The molecule has 1 heterocycles. The van der Waals surface area contributed by atoms with Gasteiger partial charge in [0.05, 0.1) is 7.11 Å². The SMILES string of the molecule is COc1ccc(CCC(=O)N2CCN(C(=O)C3CCCC3)CC2)cc1. The van der Waals surface area contributed by atoms with Crippen molar-refractivity contribution in [2.45, 2.75) is 38.5 Å². The van der Waals surface area contributed by atoms with E-state index in [1.54, 1.807) is 7.11 Å². The highest BCUT2D eigenvalue weighted by atomic mass is 16.5. The molecule has 1 saturated carbocycles. The average molecular weight is 344 g/mol. The second-order valence-electron chi connectivity index (χ2n) is 7.04. The van der Waals surface area contributed by atoms with Crippen LogP contribution in [-0.2, 0) is 16.0 Å². The Balaban J connectivity index is 1.42. The zero-order chi connectivity index (χ0) is 17.6. The molecule has 5 nitrogen and oxygen atoms in total. The second-order valence-corrected chi connectivity index (χ2v) is 7.04. The number of methoxy groups -OCH3 is 1. The molecule has 1 aromatic rings. The van der Waals surface area contributed by atoms with Crippen molar-refractivity contribution in [1.29, 1.82) is 0 Å². The van der Waals surface area contributed by atoms with Gasteiger partial charge in [-0.1, -0.05) is 25.0 Å². The Hall–Kier alpha value is -2.04. The molecule has 1 aliphatic heterocycles. The molecule has 3 rings (SSSR count). The molecule has 1 aromatic carbocycles. The van der Waals surface area contributed by atoms with Crippen molar-refractivity contribution in [2.75, 3.05) is 33.3 Å². The highest BCUT2D eigenvalue weighted by Gasteiger charge is 2.30. The molecule has 2 amide bonds. The molecular formula is C20H28N2O3. The third-order valence-electron chi connectivity index (χ3n) is 5.44. The number of piperazine rings is 1. The van der Waals surface area contributed by atoms with Crippen molar-refractivity contribution >= 4 is 11.8 Å². The van der Waals surface area contributed by atoms with Gasteiger partial charge in [0.2, 0.25) is 11.8 Å². The lowest BCUT2D eigenvalue weighted by molar-refractivity contribution is -0.142. The summed E-state index contributed by atoms with van der Waals surface area (Å²) in [5, 5.41) is 0. The van der Waals surface area contributed by atoms with Crippen LogP contribution >= 0.6 is 0 Å². The molecule has 0 aromatic heterocycles. The highest BCUT2D eigenvalue weighted by Crippen LogP contribution is 2.27. The average Bonchev–Trinajstić information content (AvgIpc) is 3.21. The van der Waals surface area contributed by atoms with Gasteiger partial charge in [-0.15, -0.1) is 0 Å². The van der Waals surface area contributed by atoms with Crippen LogP contribution in [0.2, 0.25) is 0 Å². The van der Waals surface area contributed by atoms with Gasteiger partial charge < -0.3 is 14.5 Å². The van der Waals surface area contributed by atoms with Crippen LogP contribution in [0, 0.1) is 5.92 Å². The summed E-state index contributed by atoms with van der Waals surface area (Å²) in [6.45, 7) is 2.70. The summed E-state index contributed by atoms with van der Waals surface area (Å²) in [5.74, 6) is 1.56. The maximum atomic E-state index is 12.5. The predicted molar refractivity (Wildman–Crippen MR) is 96.4 cm³/mol. The van der Waals surface area contributed by atoms with E-state index >= 15 is 0 Å². The Morgan fingerprint density at radius 1 is 1.00 bits per heavy atom. The third-order valence-corrected chi connectivity index (χ3v) is 5.44. The Bertz CT molecular complexity index is 585. The van der Waals surface area contributed by atoms with Crippen LogP contribution in [-0.4, -0.2) is 54.9 Å². The molecule has 0 spiro atoms. The van der Waals surface area contributed by atoms with Gasteiger partial charge in [-0.3, -0.25) is 9.59 Å². The molecule has 2 aliphatic rings. The highest BCUT2D eigenvalue weighted by molar-refractivity contribution is 5.80. The first-order valence-corrected chi connectivity index (χ1v) is 9.37. The van der Waals surface area contributed by atoms with Crippen molar-refractivity contribution in [3.63, 3.8) is 0 Å². The first-order chi connectivity index (χ1) is 12.2. The third kappa shape index (κ3) is 4.53. The summed E-state index contributed by atoms with van der Waals surface area (Å²) in [4.78, 5) is 28.7. The van der Waals surface area contributed by atoms with Gasteiger partial charge in [-0.2, -0.15) is 0 Å². The minimum absolute atomic E-state index is 0.184. The van der Waals surface area contributed by atoms with Crippen LogP contribution in [0.4, 0.5) is 0 Å². The number of rotatable bonds is 5.